The van der Waals surface area contributed by atoms with Gasteiger partial charge in [0.2, 0.25) is 10.0 Å². The van der Waals surface area contributed by atoms with Crippen LogP contribution in [0.2, 0.25) is 0 Å². The van der Waals surface area contributed by atoms with Gasteiger partial charge in [-0.25, -0.2) is 8.42 Å². The van der Waals surface area contributed by atoms with Crippen molar-refractivity contribution in [2.75, 3.05) is 20.2 Å². The summed E-state index contributed by atoms with van der Waals surface area (Å²) in [6.45, 7) is 5.24. The molecule has 3 rings (SSSR count). The van der Waals surface area contributed by atoms with Gasteiger partial charge in [0.1, 0.15) is 5.75 Å². The minimum atomic E-state index is -3.67. The largest absolute Gasteiger partial charge is 0.496 e. The summed E-state index contributed by atoms with van der Waals surface area (Å²) in [5.41, 5.74) is 1.25. The fourth-order valence-corrected chi connectivity index (χ4v) is 5.67. The third-order valence-corrected chi connectivity index (χ3v) is 7.73. The van der Waals surface area contributed by atoms with Crippen LogP contribution in [0.5, 0.6) is 5.75 Å². The Bertz CT molecular complexity index is 998. The number of sulfonamides is 1. The number of hydrogen-bond acceptors (Lipinski definition) is 4. The van der Waals surface area contributed by atoms with Gasteiger partial charge in [0.25, 0.3) is 5.91 Å². The first kappa shape index (κ1) is 24.3. The molecule has 32 heavy (non-hydrogen) atoms. The molecular weight excluding hydrogens is 424 g/mol. The summed E-state index contributed by atoms with van der Waals surface area (Å²) < 4.78 is 33.4. The lowest BCUT2D eigenvalue weighted by molar-refractivity contribution is 0.0928. The normalized spacial score (nSPS) is 16.4. The zero-order valence-electron chi connectivity index (χ0n) is 19.2. The number of benzene rings is 2. The number of amides is 1. The first-order chi connectivity index (χ1) is 15.3. The van der Waals surface area contributed by atoms with Crippen LogP contribution < -0.4 is 10.1 Å². The third-order valence-electron chi connectivity index (χ3n) is 5.83. The molecule has 7 heteroatoms. The van der Waals surface area contributed by atoms with Gasteiger partial charge in [-0.3, -0.25) is 4.79 Å². The summed E-state index contributed by atoms with van der Waals surface area (Å²) in [6.07, 6.45) is 4.56. The van der Waals surface area contributed by atoms with Gasteiger partial charge in [-0.2, -0.15) is 4.31 Å². The Kier molecular flexibility index (Phi) is 8.32. The summed E-state index contributed by atoms with van der Waals surface area (Å²) >= 11 is 0. The highest BCUT2D eigenvalue weighted by Crippen LogP contribution is 2.28. The molecule has 1 aliphatic rings. The average Bonchev–Trinajstić information content (AvgIpc) is 3.08. The number of ether oxygens (including phenoxy) is 1. The predicted octanol–water partition coefficient (Wildman–Crippen LogP) is 4.78. The van der Waals surface area contributed by atoms with E-state index in [9.17, 15) is 13.2 Å². The molecule has 6 nitrogen and oxygen atoms in total. The maximum atomic E-state index is 13.3. The second-order valence-electron chi connectivity index (χ2n) is 8.75. The predicted molar refractivity (Wildman–Crippen MR) is 126 cm³/mol. The van der Waals surface area contributed by atoms with Crippen LogP contribution in [-0.4, -0.2) is 38.8 Å². The second-order valence-corrected chi connectivity index (χ2v) is 10.7. The van der Waals surface area contributed by atoms with E-state index in [-0.39, 0.29) is 22.4 Å². The zero-order valence-corrected chi connectivity index (χ0v) is 20.0. The van der Waals surface area contributed by atoms with Crippen molar-refractivity contribution in [1.82, 2.24) is 9.62 Å². The van der Waals surface area contributed by atoms with Crippen molar-refractivity contribution in [2.24, 2.45) is 5.92 Å². The molecule has 1 atom stereocenters. The summed E-state index contributed by atoms with van der Waals surface area (Å²) in [5.74, 6) is 0.384. The van der Waals surface area contributed by atoms with Crippen LogP contribution in [0.1, 0.15) is 67.9 Å². The Morgan fingerprint density at radius 2 is 1.69 bits per heavy atom. The van der Waals surface area contributed by atoms with Gasteiger partial charge in [-0.1, -0.05) is 57.0 Å². The molecular formula is C25H34N2O4S. The first-order valence-corrected chi connectivity index (χ1v) is 12.8. The van der Waals surface area contributed by atoms with Crippen LogP contribution in [0, 0.1) is 5.92 Å². The van der Waals surface area contributed by atoms with Gasteiger partial charge in [-0.15, -0.1) is 0 Å². The van der Waals surface area contributed by atoms with E-state index in [2.05, 4.69) is 19.2 Å². The van der Waals surface area contributed by atoms with E-state index in [0.29, 0.717) is 24.8 Å². The fraction of sp³-hybridized carbons (Fsp3) is 0.480. The average molecular weight is 459 g/mol. The molecule has 0 bridgehead atoms. The molecule has 0 unspecified atom stereocenters. The van der Waals surface area contributed by atoms with Gasteiger partial charge in [0.15, 0.2) is 0 Å². The lowest BCUT2D eigenvalue weighted by Gasteiger charge is -2.23. The highest BCUT2D eigenvalue weighted by atomic mass is 32.2. The molecule has 0 aliphatic carbocycles. The lowest BCUT2D eigenvalue weighted by Crippen LogP contribution is -2.33. The Morgan fingerprint density at radius 1 is 1.03 bits per heavy atom. The molecule has 1 saturated heterocycles. The number of carbonyl (C=O) groups is 1. The standard InChI is InChI=1S/C25H34N2O4S/c1-19(2)17-23(20-11-7-6-8-12-20)26-25(28)22-18-21(13-14-24(22)31-3)32(29,30)27-15-9-4-5-10-16-27/h6-8,11-14,18-19,23H,4-5,9-10,15-17H2,1-3H3,(H,26,28)/t23-/m1/s1. The van der Waals surface area contributed by atoms with Gasteiger partial charge in [0, 0.05) is 13.1 Å². The third kappa shape index (κ3) is 5.90. The van der Waals surface area contributed by atoms with Crippen molar-refractivity contribution < 1.29 is 17.9 Å². The maximum Gasteiger partial charge on any atom is 0.255 e. The first-order valence-electron chi connectivity index (χ1n) is 11.4. The number of rotatable bonds is 8. The highest BCUT2D eigenvalue weighted by molar-refractivity contribution is 7.89. The molecule has 0 spiro atoms. The van der Waals surface area contributed by atoms with Gasteiger partial charge in [0.05, 0.1) is 23.6 Å². The summed E-state index contributed by atoms with van der Waals surface area (Å²) in [7, 11) is -2.18. The van der Waals surface area contributed by atoms with Crippen LogP contribution >= 0.6 is 0 Å². The second kappa shape index (κ2) is 11.0. The van der Waals surface area contributed by atoms with E-state index in [1.54, 1.807) is 6.07 Å². The minimum Gasteiger partial charge on any atom is -0.496 e. The van der Waals surface area contributed by atoms with Crippen molar-refractivity contribution in [2.45, 2.75) is 56.9 Å². The number of carbonyl (C=O) groups excluding carboxylic acids is 1. The number of hydrogen-bond donors (Lipinski definition) is 1. The maximum absolute atomic E-state index is 13.3. The van der Waals surface area contributed by atoms with Crippen molar-refractivity contribution in [1.29, 1.82) is 0 Å². The van der Waals surface area contributed by atoms with Crippen LogP contribution in [0.4, 0.5) is 0 Å². The molecule has 174 valence electrons. The fourth-order valence-electron chi connectivity index (χ4n) is 4.13. The molecule has 2 aromatic rings. The van der Waals surface area contributed by atoms with Crippen LogP contribution in [0.15, 0.2) is 53.4 Å². The van der Waals surface area contributed by atoms with Crippen molar-refractivity contribution in [3.05, 3.63) is 59.7 Å². The molecule has 1 aliphatic heterocycles. The van der Waals surface area contributed by atoms with Crippen molar-refractivity contribution in [3.63, 3.8) is 0 Å². The summed E-state index contributed by atoms with van der Waals surface area (Å²) in [6, 6.07) is 14.2. The van der Waals surface area contributed by atoms with E-state index < -0.39 is 10.0 Å². The Balaban J connectivity index is 1.91. The van der Waals surface area contributed by atoms with Crippen LogP contribution in [0.3, 0.4) is 0 Å². The molecule has 1 fully saturated rings. The van der Waals surface area contributed by atoms with Crippen molar-refractivity contribution in [3.8, 4) is 5.75 Å². The summed E-state index contributed by atoms with van der Waals surface area (Å²) in [5, 5.41) is 3.10. The Labute approximate surface area is 192 Å². The van der Waals surface area contributed by atoms with E-state index in [0.717, 1.165) is 37.7 Å². The van der Waals surface area contributed by atoms with Crippen LogP contribution in [-0.2, 0) is 10.0 Å². The van der Waals surface area contributed by atoms with Crippen LogP contribution in [0.25, 0.3) is 0 Å². The number of nitrogens with zero attached hydrogens (tertiary/aromatic N) is 1. The van der Waals surface area contributed by atoms with E-state index in [1.165, 1.54) is 23.5 Å². The Morgan fingerprint density at radius 3 is 2.28 bits per heavy atom. The van der Waals surface area contributed by atoms with E-state index in [1.807, 2.05) is 30.3 Å². The molecule has 0 aromatic heterocycles. The van der Waals surface area contributed by atoms with Gasteiger partial charge in [-0.05, 0) is 48.9 Å². The topological polar surface area (TPSA) is 75.7 Å². The summed E-state index contributed by atoms with van der Waals surface area (Å²) in [4.78, 5) is 13.4. The molecule has 0 saturated carbocycles. The van der Waals surface area contributed by atoms with E-state index >= 15 is 0 Å². The molecule has 1 N–H and O–H groups in total. The monoisotopic (exact) mass is 458 g/mol. The number of methoxy groups -OCH3 is 1. The van der Waals surface area contributed by atoms with E-state index in [4.69, 9.17) is 4.74 Å². The quantitative estimate of drug-likeness (QED) is 0.618. The van der Waals surface area contributed by atoms with Gasteiger partial charge < -0.3 is 10.1 Å². The molecule has 0 radical (unpaired) electrons. The molecule has 1 amide bonds. The molecule has 2 aromatic carbocycles. The zero-order chi connectivity index (χ0) is 23.1. The van der Waals surface area contributed by atoms with Gasteiger partial charge >= 0.3 is 0 Å². The Hall–Kier alpha value is -2.38. The lowest BCUT2D eigenvalue weighted by atomic mass is 9.96. The number of nitrogens with one attached hydrogen (secondary N) is 1. The minimum absolute atomic E-state index is 0.130. The molecule has 1 heterocycles. The SMILES string of the molecule is COc1ccc(S(=O)(=O)N2CCCCCC2)cc1C(=O)N[C@H](CC(C)C)c1ccccc1. The smallest absolute Gasteiger partial charge is 0.255 e. The van der Waals surface area contributed by atoms with Crippen molar-refractivity contribution >= 4 is 15.9 Å². The highest BCUT2D eigenvalue weighted by Gasteiger charge is 2.28.